The minimum Gasteiger partial charge on any atom is -0.347 e. The number of hydrogen-bond acceptors (Lipinski definition) is 2. The smallest absolute Gasteiger partial charge is 0.139 e. The Morgan fingerprint density at radius 3 is 2.89 bits per heavy atom. The van der Waals surface area contributed by atoms with Crippen LogP contribution in [0.3, 0.4) is 0 Å². The van der Waals surface area contributed by atoms with Gasteiger partial charge in [0.1, 0.15) is 5.67 Å². The van der Waals surface area contributed by atoms with E-state index in [0.717, 1.165) is 23.5 Å². The van der Waals surface area contributed by atoms with E-state index in [1.807, 2.05) is 25.3 Å². The molecular weight excluding hydrogens is 281 g/mol. The molecule has 1 aromatic rings. The van der Waals surface area contributed by atoms with Crippen LogP contribution in [-0.2, 0) is 0 Å². The topological polar surface area (TPSA) is 3.24 Å². The second-order valence-corrected chi connectivity index (χ2v) is 6.69. The number of allylic oxidation sites excluding steroid dienone is 1. The van der Waals surface area contributed by atoms with Crippen molar-refractivity contribution >= 4 is 29.1 Å². The molecule has 0 radical (unpaired) electrons. The predicted molar refractivity (Wildman–Crippen MR) is 83.1 cm³/mol. The van der Waals surface area contributed by atoms with Crippen molar-refractivity contribution in [3.63, 3.8) is 0 Å². The summed E-state index contributed by atoms with van der Waals surface area (Å²) in [6.45, 7) is 4.37. The van der Waals surface area contributed by atoms with E-state index in [9.17, 15) is 4.39 Å². The molecule has 104 valence electrons. The molecule has 0 aromatic heterocycles. The Balaban J connectivity index is 2.37. The highest BCUT2D eigenvalue weighted by molar-refractivity contribution is 8.00. The van der Waals surface area contributed by atoms with Crippen molar-refractivity contribution in [3.05, 3.63) is 36.5 Å². The Kier molecular flexibility index (Phi) is 4.80. The van der Waals surface area contributed by atoms with Gasteiger partial charge in [-0.25, -0.2) is 4.39 Å². The van der Waals surface area contributed by atoms with Crippen molar-refractivity contribution < 1.29 is 4.39 Å². The van der Waals surface area contributed by atoms with E-state index in [0.29, 0.717) is 5.88 Å². The van der Waals surface area contributed by atoms with Crippen molar-refractivity contribution in [1.29, 1.82) is 0 Å². The molecule has 1 aliphatic heterocycles. The van der Waals surface area contributed by atoms with Crippen LogP contribution in [0.15, 0.2) is 41.4 Å². The quantitative estimate of drug-likeness (QED) is 0.733. The van der Waals surface area contributed by atoms with Crippen molar-refractivity contribution in [1.82, 2.24) is 0 Å². The van der Waals surface area contributed by atoms with Gasteiger partial charge in [-0.3, -0.25) is 0 Å². The number of alkyl halides is 2. The number of hydrogen-bond donors (Lipinski definition) is 0. The highest BCUT2D eigenvalue weighted by Crippen LogP contribution is 2.40. The van der Waals surface area contributed by atoms with Gasteiger partial charge in [-0.05, 0) is 38.5 Å². The zero-order chi connectivity index (χ0) is 13.9. The molecule has 1 unspecified atom stereocenters. The van der Waals surface area contributed by atoms with E-state index in [4.69, 9.17) is 11.6 Å². The molecule has 0 spiro atoms. The summed E-state index contributed by atoms with van der Waals surface area (Å²) in [7, 11) is 0. The third-order valence-corrected chi connectivity index (χ3v) is 5.07. The van der Waals surface area contributed by atoms with Gasteiger partial charge in [-0.15, -0.1) is 23.4 Å². The molecule has 0 amide bonds. The number of fused-ring (bicyclic) bond motifs is 1. The lowest BCUT2D eigenvalue weighted by molar-refractivity contribution is 0.257. The molecule has 0 fully saturated rings. The van der Waals surface area contributed by atoms with E-state index in [2.05, 4.69) is 17.0 Å². The average Bonchev–Trinajstić information content (AvgIpc) is 2.39. The number of nitrogens with zero attached hydrogens (tertiary/aromatic N) is 1. The minimum atomic E-state index is -1.31. The lowest BCUT2D eigenvalue weighted by Gasteiger charge is -2.31. The minimum absolute atomic E-state index is 0.111. The number of halogens is 2. The van der Waals surface area contributed by atoms with Crippen LogP contribution in [0.25, 0.3) is 0 Å². The molecule has 1 heterocycles. The maximum Gasteiger partial charge on any atom is 0.139 e. The number of benzene rings is 1. The monoisotopic (exact) mass is 299 g/mol. The van der Waals surface area contributed by atoms with Crippen LogP contribution in [0.5, 0.6) is 0 Å². The van der Waals surface area contributed by atoms with E-state index in [-0.39, 0.29) is 5.25 Å². The summed E-state index contributed by atoms with van der Waals surface area (Å²) in [5.41, 5.74) is -0.173. The van der Waals surface area contributed by atoms with Crippen molar-refractivity contribution in [3.8, 4) is 0 Å². The molecule has 0 aliphatic carbocycles. The summed E-state index contributed by atoms with van der Waals surface area (Å²) in [5.74, 6) is 0.614. The summed E-state index contributed by atoms with van der Waals surface area (Å²) in [6, 6.07) is 8.15. The molecule has 19 heavy (non-hydrogen) atoms. The number of thioether (sulfide) groups is 1. The van der Waals surface area contributed by atoms with Crippen molar-refractivity contribution in [2.75, 3.05) is 17.3 Å². The van der Waals surface area contributed by atoms with Crippen molar-refractivity contribution in [2.45, 2.75) is 36.1 Å². The molecule has 2 atom stereocenters. The van der Waals surface area contributed by atoms with Gasteiger partial charge in [0.05, 0.1) is 5.69 Å². The molecule has 0 N–H and O–H groups in total. The van der Waals surface area contributed by atoms with E-state index in [1.54, 1.807) is 24.8 Å². The number of rotatable bonds is 3. The summed E-state index contributed by atoms with van der Waals surface area (Å²) in [6.07, 6.45) is 4.40. The van der Waals surface area contributed by atoms with Gasteiger partial charge in [0.2, 0.25) is 0 Å². The van der Waals surface area contributed by atoms with Gasteiger partial charge in [0.25, 0.3) is 0 Å². The highest BCUT2D eigenvalue weighted by Gasteiger charge is 2.31. The first-order valence-corrected chi connectivity index (χ1v) is 7.92. The van der Waals surface area contributed by atoms with Gasteiger partial charge in [0.15, 0.2) is 0 Å². The van der Waals surface area contributed by atoms with Gasteiger partial charge in [-0.1, -0.05) is 12.1 Å². The lowest BCUT2D eigenvalue weighted by atomic mass is 10.1. The Bertz CT molecular complexity index is 461. The molecule has 1 nitrogen and oxygen atoms in total. The van der Waals surface area contributed by atoms with Crippen LogP contribution in [0.2, 0.25) is 0 Å². The maximum absolute atomic E-state index is 14.5. The molecule has 1 aliphatic rings. The molecule has 0 saturated heterocycles. The molecule has 0 saturated carbocycles. The van der Waals surface area contributed by atoms with E-state index in [1.165, 1.54) is 0 Å². The molecule has 1 aromatic carbocycles. The summed E-state index contributed by atoms with van der Waals surface area (Å²) in [4.78, 5) is 3.21. The molecule has 0 bridgehead atoms. The van der Waals surface area contributed by atoms with Crippen LogP contribution >= 0.6 is 23.4 Å². The van der Waals surface area contributed by atoms with Crippen molar-refractivity contribution in [2.24, 2.45) is 0 Å². The molecular formula is C15H19ClFNS. The SMILES string of the molecule is C[C@@H]1Sc2ccccc2N(CCCCl)/C=C/C1(C)F. The van der Waals surface area contributed by atoms with E-state index >= 15 is 0 Å². The molecule has 2 rings (SSSR count). The Morgan fingerprint density at radius 1 is 1.42 bits per heavy atom. The Morgan fingerprint density at radius 2 is 2.16 bits per heavy atom. The maximum atomic E-state index is 14.5. The van der Waals surface area contributed by atoms with Crippen LogP contribution in [0.4, 0.5) is 10.1 Å². The number of para-hydroxylation sites is 1. The number of anilines is 1. The van der Waals surface area contributed by atoms with Crippen LogP contribution < -0.4 is 4.90 Å². The first-order chi connectivity index (χ1) is 9.04. The van der Waals surface area contributed by atoms with Crippen LogP contribution in [-0.4, -0.2) is 23.3 Å². The average molecular weight is 300 g/mol. The Hall–Kier alpha value is -0.670. The van der Waals surface area contributed by atoms with Gasteiger partial charge >= 0.3 is 0 Å². The predicted octanol–water partition coefficient (Wildman–Crippen LogP) is 4.86. The second kappa shape index (κ2) is 6.19. The van der Waals surface area contributed by atoms with E-state index < -0.39 is 5.67 Å². The zero-order valence-corrected chi connectivity index (χ0v) is 12.8. The van der Waals surface area contributed by atoms with Gasteiger partial charge < -0.3 is 4.90 Å². The highest BCUT2D eigenvalue weighted by atomic mass is 35.5. The van der Waals surface area contributed by atoms with Gasteiger partial charge in [-0.2, -0.15) is 0 Å². The molecule has 4 heteroatoms. The van der Waals surface area contributed by atoms with Crippen LogP contribution in [0, 0.1) is 0 Å². The van der Waals surface area contributed by atoms with Gasteiger partial charge in [0, 0.05) is 28.8 Å². The summed E-state index contributed by atoms with van der Waals surface area (Å²) in [5, 5.41) is -0.111. The third-order valence-electron chi connectivity index (χ3n) is 3.39. The first-order valence-electron chi connectivity index (χ1n) is 6.51. The van der Waals surface area contributed by atoms with Crippen LogP contribution in [0.1, 0.15) is 20.3 Å². The summed E-state index contributed by atoms with van der Waals surface area (Å²) >= 11 is 7.36. The third kappa shape index (κ3) is 3.46. The second-order valence-electron chi connectivity index (χ2n) is 4.93. The largest absolute Gasteiger partial charge is 0.347 e. The fraction of sp³-hybridized carbons (Fsp3) is 0.467. The standard InChI is InChI=1S/C15H19ClFNS/c1-12-15(2,17)8-11-18(10-5-9-16)13-6-3-4-7-14(13)19-12/h3-4,6-8,11-12H,5,9-10H2,1-2H3/b11-8+/t12-,15?/m0/s1. The fourth-order valence-electron chi connectivity index (χ4n) is 1.98. The summed E-state index contributed by atoms with van der Waals surface area (Å²) < 4.78 is 14.5. The Labute approximate surface area is 123 Å². The normalized spacial score (nSPS) is 28.4. The zero-order valence-electron chi connectivity index (χ0n) is 11.3. The fourth-order valence-corrected chi connectivity index (χ4v) is 3.25. The first kappa shape index (κ1) is 14.7. The lowest BCUT2D eigenvalue weighted by Crippen LogP contribution is -2.31.